The molecule has 0 atom stereocenters. The fraction of sp³-hybridized carbons (Fsp3) is 0.368. The minimum atomic E-state index is -0.0950. The molecule has 0 aliphatic heterocycles. The maximum atomic E-state index is 12.6. The molecule has 1 N–H and O–H groups in total. The molecule has 0 unspecified atom stereocenters. The number of para-hydroxylation sites is 1. The number of nitrogens with one attached hydrogen (secondary N) is 1. The molecular formula is C19H23ClN6O. The zero-order chi connectivity index (χ0) is 19.4. The Labute approximate surface area is 162 Å². The van der Waals surface area contributed by atoms with Crippen molar-refractivity contribution in [2.45, 2.75) is 46.7 Å². The van der Waals surface area contributed by atoms with E-state index in [1.807, 2.05) is 32.0 Å². The zero-order valence-electron chi connectivity index (χ0n) is 15.7. The molecule has 0 saturated heterocycles. The lowest BCUT2D eigenvalue weighted by Crippen LogP contribution is -2.23. The van der Waals surface area contributed by atoms with Crippen LogP contribution in [0.15, 0.2) is 34.2 Å². The average molecular weight is 387 g/mol. The summed E-state index contributed by atoms with van der Waals surface area (Å²) in [6.45, 7) is 7.18. The molecule has 3 rings (SSSR count). The van der Waals surface area contributed by atoms with Crippen molar-refractivity contribution in [3.63, 3.8) is 0 Å². The highest BCUT2D eigenvalue weighted by molar-refractivity contribution is 6.32. The summed E-state index contributed by atoms with van der Waals surface area (Å²) >= 11 is 6.42. The molecule has 2 heterocycles. The summed E-state index contributed by atoms with van der Waals surface area (Å²) in [6.07, 6.45) is 3.70. The van der Waals surface area contributed by atoms with E-state index in [9.17, 15) is 4.79 Å². The molecule has 0 bridgehead atoms. The number of hydrogen-bond donors (Lipinski definition) is 1. The second-order valence-corrected chi connectivity index (χ2v) is 6.60. The van der Waals surface area contributed by atoms with Crippen LogP contribution in [0.1, 0.15) is 37.9 Å². The van der Waals surface area contributed by atoms with E-state index in [0.717, 1.165) is 30.6 Å². The predicted molar refractivity (Wildman–Crippen MR) is 110 cm³/mol. The first kappa shape index (κ1) is 19.1. The summed E-state index contributed by atoms with van der Waals surface area (Å²) in [6, 6.07) is 7.27. The van der Waals surface area contributed by atoms with Crippen molar-refractivity contribution in [3.05, 3.63) is 51.0 Å². The summed E-state index contributed by atoms with van der Waals surface area (Å²) in [7, 11) is 0. The maximum Gasteiger partial charge on any atom is 0.262 e. The minimum absolute atomic E-state index is 0.0950. The molecule has 1 aromatic carbocycles. The Bertz CT molecular complexity index is 1040. The monoisotopic (exact) mass is 386 g/mol. The predicted octanol–water partition coefficient (Wildman–Crippen LogP) is 3.82. The third-order valence-corrected chi connectivity index (χ3v) is 4.77. The smallest absolute Gasteiger partial charge is 0.262 e. The maximum absolute atomic E-state index is 12.6. The van der Waals surface area contributed by atoms with E-state index in [1.165, 1.54) is 0 Å². The molecule has 2 aromatic heterocycles. The van der Waals surface area contributed by atoms with Crippen LogP contribution < -0.4 is 11.0 Å². The number of anilines is 1. The molecule has 0 saturated carbocycles. The van der Waals surface area contributed by atoms with Crippen LogP contribution in [0.3, 0.4) is 0 Å². The molecule has 0 aliphatic rings. The van der Waals surface area contributed by atoms with Gasteiger partial charge in [-0.2, -0.15) is 10.2 Å². The standard InChI is InChI=1S/C19H23ClN6O/c1-4-6-11-26-17(20)15(13(3)24-26)12-21-23-19-22-16-10-8-7-9-14(16)18(27)25(19)5-2/h7-10,12H,4-6,11H2,1-3H3,(H,22,23)/b21-12-. The summed E-state index contributed by atoms with van der Waals surface area (Å²) in [5, 5.41) is 9.85. The summed E-state index contributed by atoms with van der Waals surface area (Å²) in [4.78, 5) is 17.1. The topological polar surface area (TPSA) is 77.1 Å². The molecule has 3 aromatic rings. The SMILES string of the molecule is CCCCn1nc(C)c(/C=N\Nc2nc3ccccc3c(=O)n2CC)c1Cl. The van der Waals surface area contributed by atoms with E-state index in [0.29, 0.717) is 28.5 Å². The Kier molecular flexibility index (Phi) is 5.91. The lowest BCUT2D eigenvalue weighted by molar-refractivity contribution is 0.569. The molecule has 0 spiro atoms. The lowest BCUT2D eigenvalue weighted by atomic mass is 10.2. The molecule has 0 radical (unpaired) electrons. The van der Waals surface area contributed by atoms with E-state index in [4.69, 9.17) is 11.6 Å². The largest absolute Gasteiger partial charge is 0.277 e. The number of aryl methyl sites for hydroxylation is 2. The van der Waals surface area contributed by atoms with Gasteiger partial charge in [-0.1, -0.05) is 37.1 Å². The average Bonchev–Trinajstić information content (AvgIpc) is 2.94. The number of benzene rings is 1. The normalized spacial score (nSPS) is 11.6. The molecule has 8 heteroatoms. The van der Waals surface area contributed by atoms with E-state index in [2.05, 4.69) is 27.5 Å². The van der Waals surface area contributed by atoms with Crippen LogP contribution in [-0.2, 0) is 13.1 Å². The Balaban J connectivity index is 1.89. The van der Waals surface area contributed by atoms with Crippen LogP contribution in [0.5, 0.6) is 0 Å². The Hall–Kier alpha value is -2.67. The molecule has 27 heavy (non-hydrogen) atoms. The number of hydrogen-bond acceptors (Lipinski definition) is 5. The first-order valence-corrected chi connectivity index (χ1v) is 9.46. The second kappa shape index (κ2) is 8.35. The Morgan fingerprint density at radius 3 is 2.81 bits per heavy atom. The van der Waals surface area contributed by atoms with Crippen LogP contribution >= 0.6 is 11.6 Å². The third-order valence-electron chi connectivity index (χ3n) is 4.37. The van der Waals surface area contributed by atoms with E-state index in [1.54, 1.807) is 21.5 Å². The number of fused-ring (bicyclic) bond motifs is 1. The lowest BCUT2D eigenvalue weighted by Gasteiger charge is -2.10. The van der Waals surface area contributed by atoms with Crippen molar-refractivity contribution in [3.8, 4) is 0 Å². The van der Waals surface area contributed by atoms with Gasteiger partial charge in [0.15, 0.2) is 0 Å². The van der Waals surface area contributed by atoms with Gasteiger partial charge in [0.05, 0.1) is 28.4 Å². The fourth-order valence-electron chi connectivity index (χ4n) is 2.87. The number of aromatic nitrogens is 4. The van der Waals surface area contributed by atoms with Crippen LogP contribution in [-0.4, -0.2) is 25.5 Å². The number of rotatable bonds is 7. The zero-order valence-corrected chi connectivity index (χ0v) is 16.5. The highest BCUT2D eigenvalue weighted by Gasteiger charge is 2.12. The van der Waals surface area contributed by atoms with Gasteiger partial charge in [-0.05, 0) is 32.4 Å². The molecule has 0 amide bonds. The number of hydrazone groups is 1. The van der Waals surface area contributed by atoms with Crippen molar-refractivity contribution >= 4 is 34.7 Å². The van der Waals surface area contributed by atoms with Gasteiger partial charge in [0.2, 0.25) is 5.95 Å². The van der Waals surface area contributed by atoms with Gasteiger partial charge in [0, 0.05) is 13.1 Å². The van der Waals surface area contributed by atoms with Gasteiger partial charge in [-0.15, -0.1) is 0 Å². The van der Waals surface area contributed by atoms with Crippen LogP contribution in [0.25, 0.3) is 10.9 Å². The highest BCUT2D eigenvalue weighted by atomic mass is 35.5. The molecule has 142 valence electrons. The van der Waals surface area contributed by atoms with Crippen molar-refractivity contribution in [1.29, 1.82) is 0 Å². The van der Waals surface area contributed by atoms with Crippen molar-refractivity contribution in [2.75, 3.05) is 5.43 Å². The minimum Gasteiger partial charge on any atom is -0.277 e. The fourth-order valence-corrected chi connectivity index (χ4v) is 3.18. The van der Waals surface area contributed by atoms with Crippen molar-refractivity contribution < 1.29 is 0 Å². The molecular weight excluding hydrogens is 364 g/mol. The number of unbranched alkanes of at least 4 members (excludes halogenated alkanes) is 1. The Morgan fingerprint density at radius 1 is 1.30 bits per heavy atom. The summed E-state index contributed by atoms with van der Waals surface area (Å²) in [5.41, 5.74) is 4.98. The first-order valence-electron chi connectivity index (χ1n) is 9.08. The van der Waals surface area contributed by atoms with Crippen LogP contribution in [0, 0.1) is 6.92 Å². The van der Waals surface area contributed by atoms with Gasteiger partial charge >= 0.3 is 0 Å². The number of halogens is 1. The van der Waals surface area contributed by atoms with Crippen LogP contribution in [0.2, 0.25) is 5.15 Å². The number of nitrogens with zero attached hydrogens (tertiary/aromatic N) is 5. The van der Waals surface area contributed by atoms with Gasteiger partial charge < -0.3 is 0 Å². The second-order valence-electron chi connectivity index (χ2n) is 6.24. The molecule has 0 aliphatic carbocycles. The van der Waals surface area contributed by atoms with E-state index < -0.39 is 0 Å². The Morgan fingerprint density at radius 2 is 2.07 bits per heavy atom. The summed E-state index contributed by atoms with van der Waals surface area (Å²) in [5.74, 6) is 0.393. The van der Waals surface area contributed by atoms with Gasteiger partial charge in [-0.25, -0.2) is 10.4 Å². The van der Waals surface area contributed by atoms with Gasteiger partial charge in [-0.3, -0.25) is 14.0 Å². The quantitative estimate of drug-likeness (QED) is 0.494. The van der Waals surface area contributed by atoms with Crippen molar-refractivity contribution in [1.82, 2.24) is 19.3 Å². The first-order chi connectivity index (χ1) is 13.1. The van der Waals surface area contributed by atoms with Gasteiger partial charge in [0.1, 0.15) is 5.15 Å². The van der Waals surface area contributed by atoms with E-state index >= 15 is 0 Å². The highest BCUT2D eigenvalue weighted by Crippen LogP contribution is 2.18. The van der Waals surface area contributed by atoms with Gasteiger partial charge in [0.25, 0.3) is 5.56 Å². The van der Waals surface area contributed by atoms with E-state index in [-0.39, 0.29) is 5.56 Å². The molecule has 7 nitrogen and oxygen atoms in total. The summed E-state index contributed by atoms with van der Waals surface area (Å²) < 4.78 is 3.34. The molecule has 0 fully saturated rings. The van der Waals surface area contributed by atoms with Crippen molar-refractivity contribution in [2.24, 2.45) is 5.10 Å². The third kappa shape index (κ3) is 3.88. The van der Waals surface area contributed by atoms with Crippen LogP contribution in [0.4, 0.5) is 5.95 Å².